The summed E-state index contributed by atoms with van der Waals surface area (Å²) in [6.45, 7) is -1.24. The number of alkyl halides is 2. The molecule has 154 valence electrons. The Hall–Kier alpha value is -3.13. The fourth-order valence-electron chi connectivity index (χ4n) is 3.13. The Bertz CT molecular complexity index is 1390. The van der Waals surface area contributed by atoms with Crippen LogP contribution in [0.1, 0.15) is 5.82 Å². The van der Waals surface area contributed by atoms with Crippen LogP contribution in [0.2, 0.25) is 0 Å². The van der Waals surface area contributed by atoms with E-state index < -0.39 is 39.8 Å². The summed E-state index contributed by atoms with van der Waals surface area (Å²) in [5.74, 6) is 0.0593. The number of hydrogen-bond donors (Lipinski definition) is 2. The van der Waals surface area contributed by atoms with Gasteiger partial charge in [0, 0.05) is 13.1 Å². The van der Waals surface area contributed by atoms with Crippen molar-refractivity contribution in [2.24, 2.45) is 0 Å². The van der Waals surface area contributed by atoms with Gasteiger partial charge in [-0.25, -0.2) is 26.7 Å². The van der Waals surface area contributed by atoms with Gasteiger partial charge in [-0.15, -0.1) is 0 Å². The number of aromatic nitrogens is 5. The lowest BCUT2D eigenvalue weighted by Crippen LogP contribution is -2.41. The van der Waals surface area contributed by atoms with E-state index in [1.807, 2.05) is 0 Å². The Labute approximate surface area is 160 Å². The van der Waals surface area contributed by atoms with Crippen LogP contribution >= 0.6 is 0 Å². The first kappa shape index (κ1) is 19.2. The summed E-state index contributed by atoms with van der Waals surface area (Å²) in [4.78, 5) is 39.4. The van der Waals surface area contributed by atoms with E-state index >= 15 is 0 Å². The first-order chi connectivity index (χ1) is 13.7. The highest BCUT2D eigenvalue weighted by molar-refractivity contribution is 7.89. The molecule has 3 aromatic rings. The van der Waals surface area contributed by atoms with Gasteiger partial charge < -0.3 is 9.97 Å². The van der Waals surface area contributed by atoms with Crippen molar-refractivity contribution in [3.05, 3.63) is 55.2 Å². The number of rotatable bonds is 4. The maximum atomic E-state index is 13.0. The van der Waals surface area contributed by atoms with Crippen LogP contribution < -0.4 is 16.8 Å². The summed E-state index contributed by atoms with van der Waals surface area (Å²) in [6.07, 6.45) is -2.77. The first-order valence-electron chi connectivity index (χ1n) is 8.38. The first-order valence-corrected chi connectivity index (χ1v) is 9.82. The number of hydrogen-bond acceptors (Lipinski definition) is 6. The lowest BCUT2D eigenvalue weighted by atomic mass is 10.3. The summed E-state index contributed by atoms with van der Waals surface area (Å²) in [6, 6.07) is 3.82. The van der Waals surface area contributed by atoms with E-state index in [1.165, 1.54) is 18.2 Å². The Balaban J connectivity index is 1.69. The molecular formula is C15H14F2N6O5S. The molecule has 1 aliphatic rings. The molecule has 1 aromatic carbocycles. The van der Waals surface area contributed by atoms with E-state index in [1.54, 1.807) is 0 Å². The summed E-state index contributed by atoms with van der Waals surface area (Å²) in [5, 5.41) is 3.81. The Morgan fingerprint density at radius 2 is 1.76 bits per heavy atom. The highest BCUT2D eigenvalue weighted by Crippen LogP contribution is 2.22. The number of aromatic amines is 2. The second-order valence-electron chi connectivity index (χ2n) is 6.38. The fraction of sp³-hybridized carbons (Fsp3) is 0.333. The van der Waals surface area contributed by atoms with Crippen molar-refractivity contribution in [3.8, 4) is 0 Å². The predicted molar refractivity (Wildman–Crippen MR) is 95.3 cm³/mol. The molecule has 0 fully saturated rings. The molecule has 0 spiro atoms. The molecule has 29 heavy (non-hydrogen) atoms. The van der Waals surface area contributed by atoms with Gasteiger partial charge in [-0.05, 0) is 18.2 Å². The van der Waals surface area contributed by atoms with Gasteiger partial charge in [0.1, 0.15) is 12.4 Å². The number of fused-ring (bicyclic) bond motifs is 2. The van der Waals surface area contributed by atoms with Crippen LogP contribution in [-0.4, -0.2) is 50.0 Å². The molecule has 0 aliphatic carbocycles. The number of benzene rings is 1. The largest absolute Gasteiger partial charge is 0.346 e. The highest BCUT2D eigenvalue weighted by atomic mass is 32.2. The number of nitrogens with zero attached hydrogens (tertiary/aromatic N) is 4. The van der Waals surface area contributed by atoms with E-state index in [-0.39, 0.29) is 41.4 Å². The van der Waals surface area contributed by atoms with Crippen LogP contribution in [0.15, 0.2) is 37.5 Å². The van der Waals surface area contributed by atoms with Crippen molar-refractivity contribution in [2.75, 3.05) is 6.54 Å². The molecule has 14 heteroatoms. The molecule has 11 nitrogen and oxygen atoms in total. The lowest BCUT2D eigenvalue weighted by molar-refractivity contribution is 0.120. The molecule has 0 unspecified atom stereocenters. The van der Waals surface area contributed by atoms with Crippen LogP contribution in [0.5, 0.6) is 0 Å². The molecule has 0 saturated carbocycles. The minimum Gasteiger partial charge on any atom is -0.316 e. The van der Waals surface area contributed by atoms with Gasteiger partial charge in [0.25, 0.3) is 6.43 Å². The van der Waals surface area contributed by atoms with Crippen LogP contribution in [0.4, 0.5) is 8.78 Å². The average Bonchev–Trinajstić information content (AvgIpc) is 2.96. The van der Waals surface area contributed by atoms with E-state index in [0.29, 0.717) is 4.68 Å². The highest BCUT2D eigenvalue weighted by Gasteiger charge is 2.31. The van der Waals surface area contributed by atoms with Crippen molar-refractivity contribution in [1.29, 1.82) is 0 Å². The molecule has 0 radical (unpaired) electrons. The van der Waals surface area contributed by atoms with Crippen LogP contribution in [-0.2, 0) is 29.7 Å². The molecule has 3 heterocycles. The molecule has 0 atom stereocenters. The second-order valence-corrected chi connectivity index (χ2v) is 8.32. The average molecular weight is 428 g/mol. The van der Waals surface area contributed by atoms with Crippen molar-refractivity contribution >= 4 is 21.1 Å². The quantitative estimate of drug-likeness (QED) is 0.513. The minimum atomic E-state index is -4.04. The minimum absolute atomic E-state index is 0.0334. The number of sulfonamides is 1. The van der Waals surface area contributed by atoms with Gasteiger partial charge >= 0.3 is 16.8 Å². The van der Waals surface area contributed by atoms with Gasteiger partial charge in [0.05, 0.1) is 22.5 Å². The number of H-pyrrole nitrogens is 2. The van der Waals surface area contributed by atoms with Crippen molar-refractivity contribution in [1.82, 2.24) is 28.6 Å². The monoisotopic (exact) mass is 428 g/mol. The third-order valence-electron chi connectivity index (χ3n) is 4.53. The van der Waals surface area contributed by atoms with Crippen LogP contribution in [0.3, 0.4) is 0 Å². The number of nitrogens with one attached hydrogen (secondary N) is 2. The van der Waals surface area contributed by atoms with E-state index in [9.17, 15) is 31.6 Å². The molecule has 0 amide bonds. The zero-order chi connectivity index (χ0) is 20.9. The van der Waals surface area contributed by atoms with Crippen LogP contribution in [0.25, 0.3) is 11.0 Å². The van der Waals surface area contributed by atoms with E-state index in [2.05, 4.69) is 15.1 Å². The van der Waals surface area contributed by atoms with E-state index in [4.69, 9.17) is 0 Å². The van der Waals surface area contributed by atoms with Gasteiger partial charge in [0.15, 0.2) is 0 Å². The predicted octanol–water partition coefficient (Wildman–Crippen LogP) is -0.956. The van der Waals surface area contributed by atoms with Gasteiger partial charge in [-0.3, -0.25) is 14.2 Å². The molecule has 4 rings (SSSR count). The maximum absolute atomic E-state index is 13.0. The third kappa shape index (κ3) is 3.29. The Kier molecular flexibility index (Phi) is 4.46. The summed E-state index contributed by atoms with van der Waals surface area (Å²) in [5.41, 5.74) is -2.11. The molecule has 0 saturated heterocycles. The molecule has 1 aliphatic heterocycles. The zero-order valence-electron chi connectivity index (χ0n) is 14.6. The molecule has 0 bridgehead atoms. The SMILES string of the molecule is O=c1[nH]c2ccc(S(=O)(=O)N3CCn4c(nn(CC(F)F)c4=O)C3)cc2[nH]c1=O. The molecular weight excluding hydrogens is 414 g/mol. The van der Waals surface area contributed by atoms with Crippen molar-refractivity contribution in [3.63, 3.8) is 0 Å². The topological polar surface area (TPSA) is 143 Å². The van der Waals surface area contributed by atoms with Crippen LogP contribution in [0, 0.1) is 0 Å². The zero-order valence-corrected chi connectivity index (χ0v) is 15.4. The summed E-state index contributed by atoms with van der Waals surface area (Å²) < 4.78 is 53.9. The molecule has 2 N–H and O–H groups in total. The van der Waals surface area contributed by atoms with Crippen molar-refractivity contribution in [2.45, 2.75) is 31.0 Å². The smallest absolute Gasteiger partial charge is 0.316 e. The summed E-state index contributed by atoms with van der Waals surface area (Å²) >= 11 is 0. The van der Waals surface area contributed by atoms with Gasteiger partial charge in [-0.1, -0.05) is 0 Å². The fourth-order valence-corrected chi connectivity index (χ4v) is 4.55. The summed E-state index contributed by atoms with van der Waals surface area (Å²) in [7, 11) is -4.04. The molecule has 2 aromatic heterocycles. The third-order valence-corrected chi connectivity index (χ3v) is 6.37. The maximum Gasteiger partial charge on any atom is 0.346 e. The number of halogens is 2. The Morgan fingerprint density at radius 1 is 1.07 bits per heavy atom. The standard InChI is InChI=1S/C15H14F2N6O5S/c16-11(17)6-23-15(26)22-4-3-21(7-12(22)20-23)29(27,28)8-1-2-9-10(5-8)19-14(25)13(24)18-9/h1-2,5,11H,3-4,6-7H2,(H,18,24)(H,19,25). The normalized spacial score (nSPS) is 15.1. The Morgan fingerprint density at radius 3 is 2.45 bits per heavy atom. The van der Waals surface area contributed by atoms with Gasteiger partial charge in [-0.2, -0.15) is 9.40 Å². The van der Waals surface area contributed by atoms with E-state index in [0.717, 1.165) is 8.87 Å². The van der Waals surface area contributed by atoms with Gasteiger partial charge in [0.2, 0.25) is 10.0 Å². The lowest BCUT2D eigenvalue weighted by Gasteiger charge is -2.26. The second kappa shape index (κ2) is 6.73. The van der Waals surface area contributed by atoms with Crippen molar-refractivity contribution < 1.29 is 17.2 Å².